The summed E-state index contributed by atoms with van der Waals surface area (Å²) < 4.78 is 0. The quantitative estimate of drug-likeness (QED) is 0.499. The molecule has 1 rings (SSSR count). The molecule has 2 amide bonds. The molecule has 0 radical (unpaired) electrons. The molecular weight excluding hydrogens is 194 g/mol. The van der Waals surface area contributed by atoms with Crippen LogP contribution >= 0.6 is 0 Å². The van der Waals surface area contributed by atoms with Gasteiger partial charge in [0.2, 0.25) is 0 Å². The Labute approximate surface area is 87.6 Å². The molecule has 5 heteroatoms. The van der Waals surface area contributed by atoms with Crippen molar-refractivity contribution < 1.29 is 9.90 Å². The minimum Gasteiger partial charge on any atom is -0.507 e. The summed E-state index contributed by atoms with van der Waals surface area (Å²) in [4.78, 5) is 10.3. The third kappa shape index (κ3) is 2.70. The Morgan fingerprint density at radius 2 is 2.20 bits per heavy atom. The van der Waals surface area contributed by atoms with E-state index in [-0.39, 0.29) is 5.75 Å². The molecule has 0 heterocycles. The van der Waals surface area contributed by atoms with Crippen molar-refractivity contribution in [2.45, 2.75) is 13.8 Å². The van der Waals surface area contributed by atoms with Crippen molar-refractivity contribution in [2.24, 2.45) is 10.8 Å². The van der Waals surface area contributed by atoms with Crippen LogP contribution in [0.4, 0.5) is 4.79 Å². The van der Waals surface area contributed by atoms with E-state index in [0.717, 1.165) is 11.1 Å². The zero-order valence-corrected chi connectivity index (χ0v) is 8.61. The van der Waals surface area contributed by atoms with Gasteiger partial charge in [0.05, 0.1) is 6.21 Å². The molecule has 0 aliphatic rings. The van der Waals surface area contributed by atoms with Crippen LogP contribution in [0.5, 0.6) is 5.75 Å². The Balaban J connectivity index is 2.92. The van der Waals surface area contributed by atoms with E-state index in [4.69, 9.17) is 5.73 Å². The average molecular weight is 207 g/mol. The lowest BCUT2D eigenvalue weighted by molar-refractivity contribution is 0.249. The number of primary amides is 1. The Morgan fingerprint density at radius 1 is 1.53 bits per heavy atom. The molecule has 0 spiro atoms. The van der Waals surface area contributed by atoms with Crippen molar-refractivity contribution in [1.29, 1.82) is 0 Å². The van der Waals surface area contributed by atoms with E-state index in [9.17, 15) is 9.90 Å². The summed E-state index contributed by atoms with van der Waals surface area (Å²) in [6.07, 6.45) is 1.34. The Bertz CT molecular complexity index is 413. The van der Waals surface area contributed by atoms with Crippen LogP contribution in [-0.4, -0.2) is 17.4 Å². The molecule has 1 aromatic rings. The zero-order chi connectivity index (χ0) is 11.4. The number of carbonyl (C=O) groups excluding carboxylic acids is 1. The molecule has 5 nitrogen and oxygen atoms in total. The molecule has 0 bridgehead atoms. The molecule has 0 fully saturated rings. The van der Waals surface area contributed by atoms with Crippen molar-refractivity contribution in [3.63, 3.8) is 0 Å². The van der Waals surface area contributed by atoms with Crippen LogP contribution in [0.15, 0.2) is 17.2 Å². The summed E-state index contributed by atoms with van der Waals surface area (Å²) >= 11 is 0. The van der Waals surface area contributed by atoms with Gasteiger partial charge in [0.1, 0.15) is 5.75 Å². The summed E-state index contributed by atoms with van der Waals surface area (Å²) in [6, 6.07) is 2.83. The summed E-state index contributed by atoms with van der Waals surface area (Å²) in [7, 11) is 0. The number of hydrogen-bond donors (Lipinski definition) is 3. The first kappa shape index (κ1) is 11.0. The third-order valence-corrected chi connectivity index (χ3v) is 2.11. The van der Waals surface area contributed by atoms with Crippen molar-refractivity contribution in [3.8, 4) is 5.75 Å². The van der Waals surface area contributed by atoms with Crippen LogP contribution in [-0.2, 0) is 0 Å². The largest absolute Gasteiger partial charge is 0.507 e. The summed E-state index contributed by atoms with van der Waals surface area (Å²) in [6.45, 7) is 3.71. The number of carbonyl (C=O) groups is 1. The minimum absolute atomic E-state index is 0.157. The number of benzene rings is 1. The molecule has 4 N–H and O–H groups in total. The lowest BCUT2D eigenvalue weighted by Gasteiger charge is -2.05. The van der Waals surface area contributed by atoms with Crippen molar-refractivity contribution in [3.05, 3.63) is 28.8 Å². The summed E-state index contributed by atoms with van der Waals surface area (Å²) in [5.74, 6) is 0.157. The Morgan fingerprint density at radius 3 is 2.80 bits per heavy atom. The van der Waals surface area contributed by atoms with Gasteiger partial charge in [0.15, 0.2) is 0 Å². The number of aromatic hydroxyl groups is 1. The number of aryl methyl sites for hydroxylation is 1. The minimum atomic E-state index is -0.741. The van der Waals surface area contributed by atoms with Gasteiger partial charge < -0.3 is 10.8 Å². The molecule has 0 saturated heterocycles. The molecule has 0 aliphatic heterocycles. The second kappa shape index (κ2) is 4.45. The predicted octanol–water partition coefficient (Wildman–Crippen LogP) is 1.01. The third-order valence-electron chi connectivity index (χ3n) is 2.11. The predicted molar refractivity (Wildman–Crippen MR) is 57.9 cm³/mol. The first-order chi connectivity index (χ1) is 7.02. The lowest BCUT2D eigenvalue weighted by Crippen LogP contribution is -2.24. The first-order valence-corrected chi connectivity index (χ1v) is 4.40. The van der Waals surface area contributed by atoms with Crippen LogP contribution in [0.25, 0.3) is 0 Å². The molecule has 15 heavy (non-hydrogen) atoms. The van der Waals surface area contributed by atoms with Gasteiger partial charge in [-0.2, -0.15) is 5.10 Å². The normalized spacial score (nSPS) is 10.5. The number of hydrogen-bond acceptors (Lipinski definition) is 3. The smallest absolute Gasteiger partial charge is 0.332 e. The van der Waals surface area contributed by atoms with Crippen LogP contribution in [0.3, 0.4) is 0 Å². The maximum Gasteiger partial charge on any atom is 0.332 e. The number of amides is 2. The number of phenols is 1. The number of hydrazone groups is 1. The molecule has 80 valence electrons. The fourth-order valence-electron chi connectivity index (χ4n) is 1.09. The molecule has 0 atom stereocenters. The van der Waals surface area contributed by atoms with E-state index in [2.05, 4.69) is 10.5 Å². The average Bonchev–Trinajstić information content (AvgIpc) is 2.18. The second-order valence-corrected chi connectivity index (χ2v) is 3.18. The monoisotopic (exact) mass is 207 g/mol. The zero-order valence-electron chi connectivity index (χ0n) is 8.61. The van der Waals surface area contributed by atoms with E-state index in [1.807, 2.05) is 19.9 Å². The van der Waals surface area contributed by atoms with E-state index in [1.165, 1.54) is 6.21 Å². The van der Waals surface area contributed by atoms with Crippen LogP contribution in [0, 0.1) is 13.8 Å². The highest BCUT2D eigenvalue weighted by atomic mass is 16.3. The van der Waals surface area contributed by atoms with Crippen LogP contribution in [0.1, 0.15) is 16.7 Å². The maximum atomic E-state index is 10.3. The number of nitrogens with one attached hydrogen (secondary N) is 1. The Kier molecular flexibility index (Phi) is 3.28. The van der Waals surface area contributed by atoms with E-state index < -0.39 is 6.03 Å². The summed E-state index contributed by atoms with van der Waals surface area (Å²) in [5.41, 5.74) is 9.19. The highest BCUT2D eigenvalue weighted by Gasteiger charge is 2.03. The summed E-state index contributed by atoms with van der Waals surface area (Å²) in [5, 5.41) is 13.3. The lowest BCUT2D eigenvalue weighted by atomic mass is 10.1. The molecule has 0 saturated carbocycles. The highest BCUT2D eigenvalue weighted by Crippen LogP contribution is 2.23. The van der Waals surface area contributed by atoms with Gasteiger partial charge in [0.25, 0.3) is 0 Å². The number of rotatable bonds is 2. The first-order valence-electron chi connectivity index (χ1n) is 4.40. The van der Waals surface area contributed by atoms with Gasteiger partial charge in [-0.25, -0.2) is 10.2 Å². The van der Waals surface area contributed by atoms with Crippen molar-refractivity contribution in [2.75, 3.05) is 0 Å². The number of phenolic OH excluding ortho intramolecular Hbond substituents is 1. The van der Waals surface area contributed by atoms with Gasteiger partial charge in [-0.3, -0.25) is 0 Å². The molecule has 1 aromatic carbocycles. The van der Waals surface area contributed by atoms with Gasteiger partial charge in [0, 0.05) is 5.56 Å². The topological polar surface area (TPSA) is 87.7 Å². The Hall–Kier alpha value is -2.04. The molecule has 0 aromatic heterocycles. The van der Waals surface area contributed by atoms with Gasteiger partial charge in [-0.15, -0.1) is 0 Å². The fourth-order valence-corrected chi connectivity index (χ4v) is 1.09. The van der Waals surface area contributed by atoms with Crippen molar-refractivity contribution >= 4 is 12.2 Å². The number of urea groups is 1. The number of nitrogens with two attached hydrogens (primary N) is 1. The van der Waals surface area contributed by atoms with Crippen LogP contribution < -0.4 is 11.2 Å². The van der Waals surface area contributed by atoms with E-state index in [0.29, 0.717) is 5.56 Å². The molecule has 0 unspecified atom stereocenters. The molecule has 0 aliphatic carbocycles. The van der Waals surface area contributed by atoms with Gasteiger partial charge in [-0.05, 0) is 31.0 Å². The van der Waals surface area contributed by atoms with Gasteiger partial charge in [-0.1, -0.05) is 6.07 Å². The van der Waals surface area contributed by atoms with Crippen LogP contribution in [0.2, 0.25) is 0 Å². The number of nitrogens with zero attached hydrogens (tertiary/aromatic N) is 1. The van der Waals surface area contributed by atoms with Gasteiger partial charge >= 0.3 is 6.03 Å². The standard InChI is InChI=1S/C10H13N3O2/c1-6-3-4-8(9(14)7(6)2)5-12-13-10(11)15/h3-5,14H,1-2H3,(H3,11,13,15). The van der Waals surface area contributed by atoms with E-state index >= 15 is 0 Å². The molecular formula is C10H13N3O2. The maximum absolute atomic E-state index is 10.3. The SMILES string of the molecule is Cc1ccc(C=NNC(N)=O)c(O)c1C. The van der Waals surface area contributed by atoms with E-state index in [1.54, 1.807) is 6.07 Å². The fraction of sp³-hybridized carbons (Fsp3) is 0.200. The second-order valence-electron chi connectivity index (χ2n) is 3.18. The highest BCUT2D eigenvalue weighted by molar-refractivity contribution is 5.85. The van der Waals surface area contributed by atoms with Crippen molar-refractivity contribution in [1.82, 2.24) is 5.43 Å².